The Balaban J connectivity index is 1.69. The summed E-state index contributed by atoms with van der Waals surface area (Å²) in [6, 6.07) is 19.5. The van der Waals surface area contributed by atoms with Crippen molar-refractivity contribution in [2.75, 3.05) is 14.1 Å². The van der Waals surface area contributed by atoms with Crippen molar-refractivity contribution in [2.24, 2.45) is 0 Å². The van der Waals surface area contributed by atoms with Crippen molar-refractivity contribution in [3.05, 3.63) is 99.3 Å². The van der Waals surface area contributed by atoms with Gasteiger partial charge in [-0.3, -0.25) is 9.59 Å². The minimum atomic E-state index is -0.264. The van der Waals surface area contributed by atoms with Gasteiger partial charge in [-0.2, -0.15) is 0 Å². The van der Waals surface area contributed by atoms with Crippen LogP contribution in [0.25, 0.3) is 0 Å². The van der Waals surface area contributed by atoms with Crippen LogP contribution in [0.1, 0.15) is 32.1 Å². The first-order chi connectivity index (χ1) is 14.3. The van der Waals surface area contributed by atoms with Crippen LogP contribution in [0.3, 0.4) is 0 Å². The summed E-state index contributed by atoms with van der Waals surface area (Å²) < 4.78 is 0. The molecule has 2 aromatic carbocycles. The zero-order valence-electron chi connectivity index (χ0n) is 16.7. The fourth-order valence-corrected chi connectivity index (χ4v) is 3.19. The minimum Gasteiger partial charge on any atom is -0.336 e. The molecule has 0 N–H and O–H groups in total. The highest BCUT2D eigenvalue weighted by Crippen LogP contribution is 2.14. The minimum absolute atomic E-state index is 0.220. The predicted octanol–water partition coefficient (Wildman–Crippen LogP) is 4.93. The average molecular weight is 442 g/mol. The number of carbonyl (C=O) groups excluding carboxylic acids is 2. The number of pyridine rings is 1. The Labute approximate surface area is 185 Å². The zero-order chi connectivity index (χ0) is 21.7. The summed E-state index contributed by atoms with van der Waals surface area (Å²) in [5, 5.41) is 1.28. The van der Waals surface area contributed by atoms with Crippen LogP contribution in [-0.2, 0) is 13.1 Å². The first-order valence-corrected chi connectivity index (χ1v) is 10.1. The van der Waals surface area contributed by atoms with Crippen molar-refractivity contribution in [2.45, 2.75) is 13.1 Å². The Morgan fingerprint density at radius 2 is 1.07 bits per heavy atom. The molecule has 0 aliphatic heterocycles. The lowest BCUT2D eigenvalue weighted by molar-refractivity contribution is 0.0771. The number of nitrogens with zero attached hydrogens (tertiary/aromatic N) is 3. The van der Waals surface area contributed by atoms with Gasteiger partial charge in [0.25, 0.3) is 11.8 Å². The highest BCUT2D eigenvalue weighted by Gasteiger charge is 2.18. The van der Waals surface area contributed by atoms with Gasteiger partial charge in [-0.15, -0.1) is 0 Å². The van der Waals surface area contributed by atoms with E-state index in [0.29, 0.717) is 23.1 Å². The SMILES string of the molecule is CN(Cc1ccc(Cl)cc1)C(=O)c1cccc(C(=O)N(C)Cc2ccc(Cl)cc2)n1. The Hall–Kier alpha value is -2.89. The Morgan fingerprint density at radius 1 is 0.700 bits per heavy atom. The van der Waals surface area contributed by atoms with Gasteiger partial charge in [-0.25, -0.2) is 4.98 Å². The maximum absolute atomic E-state index is 12.8. The van der Waals surface area contributed by atoms with Crippen LogP contribution in [-0.4, -0.2) is 40.7 Å². The van der Waals surface area contributed by atoms with Crippen LogP contribution in [0.5, 0.6) is 0 Å². The monoisotopic (exact) mass is 441 g/mol. The third kappa shape index (κ3) is 5.59. The van der Waals surface area contributed by atoms with E-state index in [1.165, 1.54) is 0 Å². The number of rotatable bonds is 6. The summed E-state index contributed by atoms with van der Waals surface area (Å²) in [6.45, 7) is 0.818. The molecule has 1 aromatic heterocycles. The standard InChI is InChI=1S/C23H21Cl2N3O2/c1-27(14-16-6-10-18(24)11-7-16)22(29)20-4-3-5-21(26-20)23(30)28(2)15-17-8-12-19(25)13-9-17/h3-13H,14-15H2,1-2H3. The summed E-state index contributed by atoms with van der Waals surface area (Å²) in [6.07, 6.45) is 0. The van der Waals surface area contributed by atoms with Crippen LogP contribution in [0.15, 0.2) is 66.7 Å². The van der Waals surface area contributed by atoms with Gasteiger partial charge in [0.1, 0.15) is 11.4 Å². The smallest absolute Gasteiger partial charge is 0.272 e. The van der Waals surface area contributed by atoms with E-state index < -0.39 is 0 Å². The lowest BCUT2D eigenvalue weighted by atomic mass is 10.2. The molecule has 0 fully saturated rings. The molecule has 7 heteroatoms. The number of hydrogen-bond acceptors (Lipinski definition) is 3. The number of carbonyl (C=O) groups is 2. The van der Waals surface area contributed by atoms with Gasteiger partial charge < -0.3 is 9.80 Å². The molecular formula is C23H21Cl2N3O2. The van der Waals surface area contributed by atoms with Gasteiger partial charge in [-0.05, 0) is 47.5 Å². The van der Waals surface area contributed by atoms with E-state index in [1.807, 2.05) is 24.3 Å². The number of benzene rings is 2. The quantitative estimate of drug-likeness (QED) is 0.544. The second-order valence-electron chi connectivity index (χ2n) is 6.98. The van der Waals surface area contributed by atoms with Crippen molar-refractivity contribution in [1.29, 1.82) is 0 Å². The van der Waals surface area contributed by atoms with Crippen molar-refractivity contribution in [1.82, 2.24) is 14.8 Å². The lowest BCUT2D eigenvalue weighted by Crippen LogP contribution is -2.30. The highest BCUT2D eigenvalue weighted by molar-refractivity contribution is 6.30. The second kappa shape index (κ2) is 9.74. The molecule has 0 unspecified atom stereocenters. The molecule has 154 valence electrons. The first-order valence-electron chi connectivity index (χ1n) is 9.30. The lowest BCUT2D eigenvalue weighted by Gasteiger charge is -2.19. The molecule has 0 aliphatic rings. The van der Waals surface area contributed by atoms with Gasteiger partial charge in [0.15, 0.2) is 0 Å². The number of halogens is 2. The van der Waals surface area contributed by atoms with Crippen LogP contribution in [0.4, 0.5) is 0 Å². The Morgan fingerprint density at radius 3 is 1.43 bits per heavy atom. The van der Waals surface area contributed by atoms with E-state index in [4.69, 9.17) is 23.2 Å². The van der Waals surface area contributed by atoms with E-state index in [0.717, 1.165) is 11.1 Å². The van der Waals surface area contributed by atoms with E-state index in [1.54, 1.807) is 66.4 Å². The Kier molecular flexibility index (Phi) is 7.08. The highest BCUT2D eigenvalue weighted by atomic mass is 35.5. The molecule has 0 aliphatic carbocycles. The van der Waals surface area contributed by atoms with Crippen molar-refractivity contribution in [3.63, 3.8) is 0 Å². The maximum atomic E-state index is 12.8. The molecule has 2 amide bonds. The van der Waals surface area contributed by atoms with E-state index >= 15 is 0 Å². The molecule has 0 atom stereocenters. The third-order valence-electron chi connectivity index (χ3n) is 4.55. The van der Waals surface area contributed by atoms with Crippen LogP contribution >= 0.6 is 23.2 Å². The fourth-order valence-electron chi connectivity index (χ4n) is 2.93. The summed E-state index contributed by atoms with van der Waals surface area (Å²) in [5.41, 5.74) is 2.34. The Bertz CT molecular complexity index is 956. The van der Waals surface area contributed by atoms with Crippen molar-refractivity contribution >= 4 is 35.0 Å². The van der Waals surface area contributed by atoms with Gasteiger partial charge >= 0.3 is 0 Å². The summed E-state index contributed by atoms with van der Waals surface area (Å²) >= 11 is 11.8. The molecule has 5 nitrogen and oxygen atoms in total. The maximum Gasteiger partial charge on any atom is 0.272 e. The summed E-state index contributed by atoms with van der Waals surface area (Å²) in [5.74, 6) is -0.528. The van der Waals surface area contributed by atoms with E-state index in [9.17, 15) is 9.59 Å². The molecule has 0 saturated carbocycles. The largest absolute Gasteiger partial charge is 0.336 e. The topological polar surface area (TPSA) is 53.5 Å². The summed E-state index contributed by atoms with van der Waals surface area (Å²) in [7, 11) is 3.39. The zero-order valence-corrected chi connectivity index (χ0v) is 18.2. The van der Waals surface area contributed by atoms with Crippen molar-refractivity contribution in [3.8, 4) is 0 Å². The molecule has 0 bridgehead atoms. The van der Waals surface area contributed by atoms with E-state index in [-0.39, 0.29) is 23.2 Å². The number of amides is 2. The van der Waals surface area contributed by atoms with Crippen LogP contribution < -0.4 is 0 Å². The molecule has 30 heavy (non-hydrogen) atoms. The molecule has 3 aromatic rings. The normalized spacial score (nSPS) is 10.5. The summed E-state index contributed by atoms with van der Waals surface area (Å²) in [4.78, 5) is 33.0. The molecular weight excluding hydrogens is 421 g/mol. The molecule has 0 radical (unpaired) electrons. The van der Waals surface area contributed by atoms with Gasteiger partial charge in [0.05, 0.1) is 0 Å². The van der Waals surface area contributed by atoms with Gasteiger partial charge in [-0.1, -0.05) is 53.5 Å². The van der Waals surface area contributed by atoms with Gasteiger partial charge in [0.2, 0.25) is 0 Å². The third-order valence-corrected chi connectivity index (χ3v) is 5.05. The molecule has 0 spiro atoms. The average Bonchev–Trinajstić information content (AvgIpc) is 2.76. The van der Waals surface area contributed by atoms with Gasteiger partial charge in [0, 0.05) is 37.2 Å². The van der Waals surface area contributed by atoms with E-state index in [2.05, 4.69) is 4.98 Å². The number of aromatic nitrogens is 1. The molecule has 1 heterocycles. The molecule has 0 saturated heterocycles. The molecule has 3 rings (SSSR count). The van der Waals surface area contributed by atoms with Crippen LogP contribution in [0.2, 0.25) is 10.0 Å². The second-order valence-corrected chi connectivity index (χ2v) is 7.86. The fraction of sp³-hybridized carbons (Fsp3) is 0.174. The van der Waals surface area contributed by atoms with Crippen molar-refractivity contribution < 1.29 is 9.59 Å². The number of hydrogen-bond donors (Lipinski definition) is 0. The predicted molar refractivity (Wildman–Crippen MR) is 119 cm³/mol. The van der Waals surface area contributed by atoms with Crippen LogP contribution in [0, 0.1) is 0 Å². The first kappa shape index (κ1) is 21.8.